The zero-order valence-electron chi connectivity index (χ0n) is 18.1. The third-order valence-electron chi connectivity index (χ3n) is 5.10. The first kappa shape index (κ1) is 22.3. The van der Waals surface area contributed by atoms with E-state index in [2.05, 4.69) is 10.6 Å². The Balaban J connectivity index is 1.92. The second-order valence-electron chi connectivity index (χ2n) is 8.69. The Kier molecular flexibility index (Phi) is 6.58. The van der Waals surface area contributed by atoms with Gasteiger partial charge in [0.05, 0.1) is 10.5 Å². The summed E-state index contributed by atoms with van der Waals surface area (Å²) in [6.07, 6.45) is 1.07. The SMILES string of the molecule is CC(C)(C)NC(=O)C(CCc1ccccc1)N1CCNc2ccc([N+](=O)[O-])cc2C1=O. The summed E-state index contributed by atoms with van der Waals surface area (Å²) >= 11 is 0. The van der Waals surface area contributed by atoms with Crippen LogP contribution in [0.25, 0.3) is 0 Å². The molecule has 1 heterocycles. The summed E-state index contributed by atoms with van der Waals surface area (Å²) in [6.45, 7) is 6.44. The van der Waals surface area contributed by atoms with Crippen molar-refractivity contribution in [2.24, 2.45) is 0 Å². The predicted octanol–water partition coefficient (Wildman–Crippen LogP) is 3.38. The number of non-ortho nitro benzene ring substituents is 1. The van der Waals surface area contributed by atoms with Crippen LogP contribution in [0.15, 0.2) is 48.5 Å². The van der Waals surface area contributed by atoms with Gasteiger partial charge in [-0.3, -0.25) is 19.7 Å². The van der Waals surface area contributed by atoms with Crippen LogP contribution in [0.3, 0.4) is 0 Å². The molecule has 1 aliphatic rings. The third-order valence-corrected chi connectivity index (χ3v) is 5.10. The summed E-state index contributed by atoms with van der Waals surface area (Å²) in [4.78, 5) is 38.8. The Morgan fingerprint density at radius 2 is 1.94 bits per heavy atom. The fourth-order valence-corrected chi connectivity index (χ4v) is 3.67. The molecule has 0 spiro atoms. The Labute approximate surface area is 181 Å². The number of benzene rings is 2. The van der Waals surface area contributed by atoms with Crippen molar-refractivity contribution < 1.29 is 14.5 Å². The maximum atomic E-state index is 13.4. The van der Waals surface area contributed by atoms with Crippen molar-refractivity contribution in [1.29, 1.82) is 0 Å². The third kappa shape index (κ3) is 5.59. The van der Waals surface area contributed by atoms with E-state index in [1.165, 1.54) is 17.0 Å². The van der Waals surface area contributed by atoms with Crippen LogP contribution < -0.4 is 10.6 Å². The lowest BCUT2D eigenvalue weighted by Crippen LogP contribution is -2.54. The minimum Gasteiger partial charge on any atom is -0.383 e. The number of nitrogens with zero attached hydrogens (tertiary/aromatic N) is 2. The van der Waals surface area contributed by atoms with Gasteiger partial charge in [0, 0.05) is 36.4 Å². The van der Waals surface area contributed by atoms with Crippen molar-refractivity contribution in [3.8, 4) is 0 Å². The molecule has 1 unspecified atom stereocenters. The lowest BCUT2D eigenvalue weighted by atomic mass is 10.0. The number of fused-ring (bicyclic) bond motifs is 1. The Morgan fingerprint density at radius 3 is 2.58 bits per heavy atom. The summed E-state index contributed by atoms with van der Waals surface area (Å²) in [5.74, 6) is -0.614. The smallest absolute Gasteiger partial charge is 0.270 e. The highest BCUT2D eigenvalue weighted by Crippen LogP contribution is 2.27. The van der Waals surface area contributed by atoms with E-state index in [-0.39, 0.29) is 23.1 Å². The average Bonchev–Trinajstić information content (AvgIpc) is 2.86. The van der Waals surface area contributed by atoms with E-state index in [1.807, 2.05) is 51.1 Å². The summed E-state index contributed by atoms with van der Waals surface area (Å²) in [5.41, 5.74) is 1.21. The monoisotopic (exact) mass is 424 g/mol. The highest BCUT2D eigenvalue weighted by atomic mass is 16.6. The standard InChI is InChI=1S/C23H28N4O4/c1-23(2,3)25-21(28)20(12-9-16-7-5-4-6-8-16)26-14-13-24-19-11-10-17(27(30)31)15-18(19)22(26)29/h4-8,10-11,15,20,24H,9,12-14H2,1-3H3,(H,25,28). The molecule has 0 fully saturated rings. The normalized spacial score (nSPS) is 14.8. The molecule has 1 aliphatic heterocycles. The molecule has 1 atom stereocenters. The van der Waals surface area contributed by atoms with Gasteiger partial charge in [-0.15, -0.1) is 0 Å². The zero-order chi connectivity index (χ0) is 22.6. The molecule has 0 bridgehead atoms. The maximum Gasteiger partial charge on any atom is 0.270 e. The lowest BCUT2D eigenvalue weighted by molar-refractivity contribution is -0.384. The molecule has 0 saturated heterocycles. The number of hydrogen-bond donors (Lipinski definition) is 2. The van der Waals surface area contributed by atoms with Crippen molar-refractivity contribution in [1.82, 2.24) is 10.2 Å². The second kappa shape index (κ2) is 9.16. The first-order valence-corrected chi connectivity index (χ1v) is 10.3. The number of anilines is 1. The van der Waals surface area contributed by atoms with Crippen molar-refractivity contribution in [3.05, 3.63) is 69.8 Å². The van der Waals surface area contributed by atoms with Gasteiger partial charge in [-0.05, 0) is 45.2 Å². The minimum atomic E-state index is -0.695. The van der Waals surface area contributed by atoms with Crippen LogP contribution in [0.5, 0.6) is 0 Å². The fraction of sp³-hybridized carbons (Fsp3) is 0.391. The van der Waals surface area contributed by atoms with Crippen molar-refractivity contribution in [2.75, 3.05) is 18.4 Å². The van der Waals surface area contributed by atoms with Gasteiger partial charge in [-0.25, -0.2) is 0 Å². The summed E-state index contributed by atoms with van der Waals surface area (Å²) in [7, 11) is 0. The number of hydrogen-bond acceptors (Lipinski definition) is 5. The molecule has 8 nitrogen and oxygen atoms in total. The molecule has 8 heteroatoms. The van der Waals surface area contributed by atoms with E-state index >= 15 is 0 Å². The number of aryl methyl sites for hydroxylation is 1. The molecule has 3 rings (SSSR count). The van der Waals surface area contributed by atoms with Crippen LogP contribution in [0.1, 0.15) is 43.1 Å². The van der Waals surface area contributed by atoms with E-state index in [0.717, 1.165) is 5.56 Å². The van der Waals surface area contributed by atoms with E-state index in [4.69, 9.17) is 0 Å². The molecule has 0 aromatic heterocycles. The average molecular weight is 425 g/mol. The predicted molar refractivity (Wildman–Crippen MR) is 119 cm³/mol. The van der Waals surface area contributed by atoms with Gasteiger partial charge in [0.2, 0.25) is 5.91 Å². The molecule has 31 heavy (non-hydrogen) atoms. The van der Waals surface area contributed by atoms with Gasteiger partial charge >= 0.3 is 0 Å². The van der Waals surface area contributed by atoms with Crippen LogP contribution in [0, 0.1) is 10.1 Å². The highest BCUT2D eigenvalue weighted by molar-refractivity contribution is 6.03. The largest absolute Gasteiger partial charge is 0.383 e. The summed E-state index contributed by atoms with van der Waals surface area (Å²) in [5, 5.41) is 17.4. The van der Waals surface area contributed by atoms with E-state index in [9.17, 15) is 19.7 Å². The van der Waals surface area contributed by atoms with Gasteiger partial charge in [0.15, 0.2) is 0 Å². The Bertz CT molecular complexity index is 969. The molecule has 0 aliphatic carbocycles. The zero-order valence-corrected chi connectivity index (χ0v) is 18.1. The van der Waals surface area contributed by atoms with E-state index in [0.29, 0.717) is 31.6 Å². The Morgan fingerprint density at radius 1 is 1.23 bits per heavy atom. The molecule has 2 aromatic rings. The van der Waals surface area contributed by atoms with Crippen LogP contribution in [-0.4, -0.2) is 46.3 Å². The van der Waals surface area contributed by atoms with Crippen LogP contribution in [-0.2, 0) is 11.2 Å². The van der Waals surface area contributed by atoms with Crippen LogP contribution in [0.2, 0.25) is 0 Å². The van der Waals surface area contributed by atoms with Crippen molar-refractivity contribution in [2.45, 2.75) is 45.2 Å². The van der Waals surface area contributed by atoms with Gasteiger partial charge in [0.1, 0.15) is 6.04 Å². The number of nitro groups is 1. The quantitative estimate of drug-likeness (QED) is 0.546. The van der Waals surface area contributed by atoms with Gasteiger partial charge in [-0.1, -0.05) is 30.3 Å². The second-order valence-corrected chi connectivity index (χ2v) is 8.69. The molecule has 0 saturated carbocycles. The molecular formula is C23H28N4O4. The van der Waals surface area contributed by atoms with Crippen LogP contribution in [0.4, 0.5) is 11.4 Å². The first-order chi connectivity index (χ1) is 14.7. The maximum absolute atomic E-state index is 13.4. The van der Waals surface area contributed by atoms with Crippen molar-refractivity contribution in [3.63, 3.8) is 0 Å². The van der Waals surface area contributed by atoms with E-state index in [1.54, 1.807) is 6.07 Å². The molecule has 0 radical (unpaired) electrons. The van der Waals surface area contributed by atoms with Gasteiger partial charge < -0.3 is 15.5 Å². The highest BCUT2D eigenvalue weighted by Gasteiger charge is 2.34. The number of nitro benzene ring substituents is 1. The van der Waals surface area contributed by atoms with E-state index < -0.39 is 16.5 Å². The number of carbonyl (C=O) groups excluding carboxylic acids is 2. The molecule has 2 N–H and O–H groups in total. The number of rotatable bonds is 6. The van der Waals surface area contributed by atoms with Gasteiger partial charge in [0.25, 0.3) is 11.6 Å². The fourth-order valence-electron chi connectivity index (χ4n) is 3.67. The lowest BCUT2D eigenvalue weighted by Gasteiger charge is -2.32. The van der Waals surface area contributed by atoms with Gasteiger partial charge in [-0.2, -0.15) is 0 Å². The summed E-state index contributed by atoms with van der Waals surface area (Å²) < 4.78 is 0. The Hall–Kier alpha value is -3.42. The number of amides is 2. The molecule has 2 amide bonds. The molecule has 2 aromatic carbocycles. The van der Waals surface area contributed by atoms with Crippen molar-refractivity contribution >= 4 is 23.2 Å². The topological polar surface area (TPSA) is 105 Å². The number of carbonyl (C=O) groups is 2. The summed E-state index contributed by atoms with van der Waals surface area (Å²) in [6, 6.07) is 13.3. The minimum absolute atomic E-state index is 0.157. The molecular weight excluding hydrogens is 396 g/mol. The first-order valence-electron chi connectivity index (χ1n) is 10.3. The molecule has 164 valence electrons. The number of nitrogens with one attached hydrogen (secondary N) is 2. The van der Waals surface area contributed by atoms with Crippen LogP contribution >= 0.6 is 0 Å².